The largest absolute Gasteiger partial charge is 0.507 e. The van der Waals surface area contributed by atoms with E-state index in [0.29, 0.717) is 19.3 Å². The van der Waals surface area contributed by atoms with Gasteiger partial charge in [0, 0.05) is 16.9 Å². The van der Waals surface area contributed by atoms with Gasteiger partial charge in [0.15, 0.2) is 11.4 Å². The number of aromatic hydroxyl groups is 2. The summed E-state index contributed by atoms with van der Waals surface area (Å²) >= 11 is 0. The fraction of sp³-hybridized carbons (Fsp3) is 0.462. The third kappa shape index (κ3) is 3.64. The molecule has 2 aliphatic heterocycles. The minimum Gasteiger partial charge on any atom is -0.507 e. The lowest BCUT2D eigenvalue weighted by Gasteiger charge is -2.57. The van der Waals surface area contributed by atoms with Crippen LogP contribution in [0.4, 0.5) is 0 Å². The highest BCUT2D eigenvalue weighted by molar-refractivity contribution is 6.11. The predicted molar refractivity (Wildman–Crippen MR) is 127 cm³/mol. The number of allylic oxidation sites excluding steroid dienone is 1. The van der Waals surface area contributed by atoms with Crippen LogP contribution in [0.15, 0.2) is 24.5 Å². The molecule has 6 N–H and O–H groups in total. The number of carboxylic acids is 1. The van der Waals surface area contributed by atoms with Crippen molar-refractivity contribution in [2.75, 3.05) is 0 Å². The molecule has 2 aromatic carbocycles. The lowest BCUT2D eigenvalue weighted by Crippen LogP contribution is -2.74. The average Bonchev–Trinajstić information content (AvgIpc) is 2.86. The molecule has 1 aliphatic carbocycles. The zero-order chi connectivity index (χ0) is 26.8. The maximum atomic E-state index is 12.2. The van der Waals surface area contributed by atoms with Gasteiger partial charge in [0.2, 0.25) is 6.29 Å². The van der Waals surface area contributed by atoms with Crippen LogP contribution < -0.4 is 4.74 Å². The Bertz CT molecular complexity index is 1320. The normalized spacial score (nSPS) is 32.8. The predicted octanol–water partition coefficient (Wildman–Crippen LogP) is 1.73. The zero-order valence-corrected chi connectivity index (χ0v) is 20.1. The Kier molecular flexibility index (Phi) is 6.06. The smallest absolute Gasteiger partial charge is 0.335 e. The van der Waals surface area contributed by atoms with Crippen molar-refractivity contribution in [3.8, 4) is 17.2 Å². The van der Waals surface area contributed by atoms with E-state index in [-0.39, 0.29) is 39.1 Å². The summed E-state index contributed by atoms with van der Waals surface area (Å²) in [5.74, 6) is -3.45. The molecule has 0 amide bonds. The molecule has 7 atom stereocenters. The Morgan fingerprint density at radius 1 is 1.11 bits per heavy atom. The first-order chi connectivity index (χ1) is 17.5. The van der Waals surface area contributed by atoms with Crippen LogP contribution in [0, 0.1) is 12.8 Å². The molecule has 1 saturated heterocycles. The van der Waals surface area contributed by atoms with Gasteiger partial charge in [-0.3, -0.25) is 4.79 Å². The Balaban J connectivity index is 1.63. The molecule has 5 rings (SSSR count). The van der Waals surface area contributed by atoms with Crippen LogP contribution in [-0.4, -0.2) is 78.7 Å². The minimum absolute atomic E-state index is 0.0520. The number of aromatic carboxylic acids is 1. The van der Waals surface area contributed by atoms with Gasteiger partial charge in [-0.25, -0.2) is 4.79 Å². The Hall–Kier alpha value is -3.38. The van der Waals surface area contributed by atoms with Crippen LogP contribution in [0.25, 0.3) is 10.8 Å². The molecule has 0 aromatic heterocycles. The number of aliphatic hydroxyl groups is 3. The van der Waals surface area contributed by atoms with Crippen molar-refractivity contribution >= 4 is 22.5 Å². The molecule has 0 radical (unpaired) electrons. The molecule has 1 saturated carbocycles. The monoisotopic (exact) mass is 516 g/mol. The van der Waals surface area contributed by atoms with Crippen LogP contribution in [-0.2, 0) is 9.47 Å². The van der Waals surface area contributed by atoms with Gasteiger partial charge in [-0.15, -0.1) is 0 Å². The molecule has 2 heterocycles. The van der Waals surface area contributed by atoms with Gasteiger partial charge in [0.25, 0.3) is 0 Å². The lowest BCUT2D eigenvalue weighted by molar-refractivity contribution is -0.347. The highest BCUT2D eigenvalue weighted by atomic mass is 16.7. The van der Waals surface area contributed by atoms with E-state index in [9.17, 15) is 40.2 Å². The maximum absolute atomic E-state index is 12.2. The summed E-state index contributed by atoms with van der Waals surface area (Å²) in [7, 11) is 0. The number of phenolic OH excluding ortho intramolecular Hbond substituents is 2. The number of carboxylic acid groups (broad SMARTS) is 1. The van der Waals surface area contributed by atoms with Crippen LogP contribution in [0.3, 0.4) is 0 Å². The van der Waals surface area contributed by atoms with E-state index in [1.165, 1.54) is 20.1 Å². The topological polar surface area (TPSA) is 183 Å². The lowest BCUT2D eigenvalue weighted by atomic mass is 9.64. The van der Waals surface area contributed by atoms with E-state index in [4.69, 9.17) is 14.2 Å². The van der Waals surface area contributed by atoms with Crippen LogP contribution in [0.5, 0.6) is 17.2 Å². The first-order valence-corrected chi connectivity index (χ1v) is 11.9. The molecule has 2 aromatic rings. The number of carbonyl (C=O) groups excluding carboxylic acids is 1. The molecular weight excluding hydrogens is 488 g/mol. The third-order valence-corrected chi connectivity index (χ3v) is 7.78. The van der Waals surface area contributed by atoms with Crippen molar-refractivity contribution in [3.63, 3.8) is 0 Å². The number of benzene rings is 2. The number of rotatable bonds is 4. The second kappa shape index (κ2) is 8.88. The quantitative estimate of drug-likeness (QED) is 0.257. The van der Waals surface area contributed by atoms with E-state index >= 15 is 0 Å². The maximum Gasteiger partial charge on any atom is 0.335 e. The molecule has 0 bridgehead atoms. The van der Waals surface area contributed by atoms with Crippen molar-refractivity contribution in [2.45, 2.75) is 69.4 Å². The van der Waals surface area contributed by atoms with Crippen LogP contribution in [0.2, 0.25) is 0 Å². The number of hydrogen-bond donors (Lipinski definition) is 6. The van der Waals surface area contributed by atoms with Crippen molar-refractivity contribution in [1.29, 1.82) is 0 Å². The van der Waals surface area contributed by atoms with E-state index < -0.39 is 59.6 Å². The van der Waals surface area contributed by atoms with Crippen molar-refractivity contribution in [3.05, 3.63) is 41.2 Å². The number of hydrogen-bond acceptors (Lipinski definition) is 10. The number of carbonyl (C=O) groups is 2. The Morgan fingerprint density at radius 2 is 1.84 bits per heavy atom. The molecule has 1 spiro atoms. The number of fused-ring (bicyclic) bond motifs is 1. The fourth-order valence-electron chi connectivity index (χ4n) is 5.99. The van der Waals surface area contributed by atoms with E-state index in [1.54, 1.807) is 6.08 Å². The average molecular weight is 516 g/mol. The molecule has 11 nitrogen and oxygen atoms in total. The zero-order valence-electron chi connectivity index (χ0n) is 20.1. The van der Waals surface area contributed by atoms with Gasteiger partial charge in [-0.1, -0.05) is 0 Å². The minimum atomic E-state index is -1.70. The van der Waals surface area contributed by atoms with E-state index in [0.717, 1.165) is 12.1 Å². The highest BCUT2D eigenvalue weighted by Gasteiger charge is 2.65. The van der Waals surface area contributed by atoms with Crippen molar-refractivity contribution in [1.82, 2.24) is 0 Å². The number of ether oxygens (including phenoxy) is 3. The van der Waals surface area contributed by atoms with E-state index in [1.807, 2.05) is 0 Å². The summed E-state index contributed by atoms with van der Waals surface area (Å²) in [6.07, 6.45) is -2.38. The van der Waals surface area contributed by atoms with Crippen molar-refractivity contribution in [2.24, 2.45) is 5.92 Å². The number of phenols is 2. The standard InChI is InChI=1S/C26H28O11/c1-10-17(11(2)27)20(30)18-14(19(10)29)8-12(24(33)34)9-16(18)36-25-21(31)22(32)26-13(4-3-7-35-26)5-6-15(28)23(26)37-25/h3,7-9,13,15,21-23,25,28-32H,4-6H2,1-2H3,(H,33,34)/t13-,15+,21-,22-,23-,25-,26+/m1/s1. The fourth-order valence-corrected chi connectivity index (χ4v) is 5.99. The molecular formula is C26H28O11. The van der Waals surface area contributed by atoms with Crippen molar-refractivity contribution < 1.29 is 54.4 Å². The summed E-state index contributed by atoms with van der Waals surface area (Å²) in [5.41, 5.74) is -1.87. The van der Waals surface area contributed by atoms with Gasteiger partial charge in [-0.2, -0.15) is 0 Å². The number of Topliss-reactive ketones (excluding diaryl/α,β-unsaturated/α-hetero) is 1. The van der Waals surface area contributed by atoms with Gasteiger partial charge >= 0.3 is 5.97 Å². The van der Waals surface area contributed by atoms with Gasteiger partial charge < -0.3 is 44.8 Å². The van der Waals surface area contributed by atoms with E-state index in [2.05, 4.69) is 0 Å². The molecule has 198 valence electrons. The molecule has 11 heteroatoms. The molecule has 3 aliphatic rings. The Labute approximate surface area is 211 Å². The second-order valence-corrected chi connectivity index (χ2v) is 9.85. The van der Waals surface area contributed by atoms with Crippen LogP contribution >= 0.6 is 0 Å². The summed E-state index contributed by atoms with van der Waals surface area (Å²) in [5, 5.41) is 64.1. The van der Waals surface area contributed by atoms with Gasteiger partial charge in [0.05, 0.1) is 28.9 Å². The summed E-state index contributed by atoms with van der Waals surface area (Å²) in [4.78, 5) is 24.0. The molecule has 2 fully saturated rings. The Morgan fingerprint density at radius 3 is 2.51 bits per heavy atom. The number of aliphatic hydroxyl groups excluding tert-OH is 3. The molecule has 37 heavy (non-hydrogen) atoms. The highest BCUT2D eigenvalue weighted by Crippen LogP contribution is 2.50. The molecule has 0 unspecified atom stereocenters. The second-order valence-electron chi connectivity index (χ2n) is 9.85. The van der Waals surface area contributed by atoms with Crippen LogP contribution in [0.1, 0.15) is 52.5 Å². The third-order valence-electron chi connectivity index (χ3n) is 7.78. The first kappa shape index (κ1) is 25.3. The van der Waals surface area contributed by atoms with Gasteiger partial charge in [0.1, 0.15) is 35.6 Å². The number of ketones is 1. The first-order valence-electron chi connectivity index (χ1n) is 11.9. The summed E-state index contributed by atoms with van der Waals surface area (Å²) in [6, 6.07) is 2.17. The van der Waals surface area contributed by atoms with Gasteiger partial charge in [-0.05, 0) is 51.3 Å². The summed E-state index contributed by atoms with van der Waals surface area (Å²) in [6.45, 7) is 2.60. The SMILES string of the molecule is CC(=O)c1c(C)c(O)c2cc(C(=O)O)cc(O[C@@H]3O[C@@H]4[C@@H](O)CC[C@H]5CC=CO[C@]54[C@H](O)[C@H]3O)c2c1O. The summed E-state index contributed by atoms with van der Waals surface area (Å²) < 4.78 is 17.7.